The lowest BCUT2D eigenvalue weighted by Gasteiger charge is -2.18. The smallest absolute Gasteiger partial charge is 0.292 e. The maximum atomic E-state index is 14.0. The van der Waals surface area contributed by atoms with Crippen LogP contribution in [0.5, 0.6) is 0 Å². The largest absolute Gasteiger partial charge is 0.464 e. The Kier molecular flexibility index (Phi) is 5.57. The molecule has 142 valence electrons. The molecule has 0 aliphatic rings. The molecule has 2 heterocycles. The minimum Gasteiger partial charge on any atom is -0.464 e. The Hall–Kier alpha value is -2.71. The highest BCUT2D eigenvalue weighted by Gasteiger charge is 2.19. The molecule has 0 fully saturated rings. The van der Waals surface area contributed by atoms with E-state index in [9.17, 15) is 13.6 Å². The number of nitrogens with one attached hydrogen (secondary N) is 1. The quantitative estimate of drug-likeness (QED) is 0.686. The van der Waals surface area contributed by atoms with E-state index in [4.69, 9.17) is 20.8 Å². The van der Waals surface area contributed by atoms with Crippen LogP contribution in [0.15, 0.2) is 45.7 Å². The predicted molar refractivity (Wildman–Crippen MR) is 96.4 cm³/mol. The summed E-state index contributed by atoms with van der Waals surface area (Å²) in [5.41, 5.74) is -0.722. The summed E-state index contributed by atoms with van der Waals surface area (Å²) < 4.78 is 38.6. The van der Waals surface area contributed by atoms with Crippen LogP contribution < -0.4 is 10.9 Å². The first-order chi connectivity index (χ1) is 12.9. The van der Waals surface area contributed by atoms with Crippen molar-refractivity contribution in [2.24, 2.45) is 0 Å². The van der Waals surface area contributed by atoms with E-state index in [1.807, 2.05) is 0 Å². The van der Waals surface area contributed by atoms with Crippen molar-refractivity contribution >= 4 is 17.3 Å². The average Bonchev–Trinajstić information content (AvgIpc) is 3.06. The Morgan fingerprint density at radius 1 is 1.33 bits per heavy atom. The van der Waals surface area contributed by atoms with Gasteiger partial charge in [-0.15, -0.1) is 0 Å². The Labute approximate surface area is 158 Å². The van der Waals surface area contributed by atoms with Crippen LogP contribution in [0.3, 0.4) is 0 Å². The fourth-order valence-electron chi connectivity index (χ4n) is 2.55. The van der Waals surface area contributed by atoms with Crippen molar-refractivity contribution in [1.82, 2.24) is 9.78 Å². The number of hydrogen-bond acceptors (Lipinski definition) is 5. The lowest BCUT2D eigenvalue weighted by Crippen LogP contribution is -2.25. The number of rotatable bonds is 6. The van der Waals surface area contributed by atoms with Gasteiger partial charge in [0.25, 0.3) is 5.56 Å². The minimum absolute atomic E-state index is 0.196. The predicted octanol–water partition coefficient (Wildman–Crippen LogP) is 3.87. The molecule has 9 heteroatoms. The number of aromatic nitrogens is 2. The van der Waals surface area contributed by atoms with Crippen molar-refractivity contribution in [3.05, 3.63) is 75.1 Å². The van der Waals surface area contributed by atoms with Gasteiger partial charge in [0.2, 0.25) is 0 Å². The standard InChI is InChI=1S/C18H16ClF2N3O3/c1-10-3-6-16(27-10)14(9-26-2)23-13-8-22-24(18(25)17(13)19)15-5-4-11(20)7-12(15)21/h3-8,14,23H,9H2,1-2H3. The molecule has 0 amide bonds. The second-order valence-electron chi connectivity index (χ2n) is 5.79. The van der Waals surface area contributed by atoms with Gasteiger partial charge in [-0.3, -0.25) is 4.79 Å². The lowest BCUT2D eigenvalue weighted by atomic mass is 10.2. The maximum absolute atomic E-state index is 14.0. The van der Waals surface area contributed by atoms with Crippen molar-refractivity contribution in [3.63, 3.8) is 0 Å². The van der Waals surface area contributed by atoms with Crippen LogP contribution >= 0.6 is 11.6 Å². The molecule has 0 aliphatic heterocycles. The first-order valence-corrected chi connectivity index (χ1v) is 8.33. The molecule has 2 aromatic heterocycles. The second-order valence-corrected chi connectivity index (χ2v) is 6.16. The van der Waals surface area contributed by atoms with Gasteiger partial charge in [-0.2, -0.15) is 9.78 Å². The molecule has 0 saturated carbocycles. The fraction of sp³-hybridized carbons (Fsp3) is 0.222. The SMILES string of the molecule is COCC(Nc1cnn(-c2ccc(F)cc2F)c(=O)c1Cl)c1ccc(C)o1. The third-order valence-electron chi connectivity index (χ3n) is 3.82. The summed E-state index contributed by atoms with van der Waals surface area (Å²) >= 11 is 6.17. The highest BCUT2D eigenvalue weighted by Crippen LogP contribution is 2.25. The normalized spacial score (nSPS) is 12.2. The van der Waals surface area contributed by atoms with Gasteiger partial charge in [0.1, 0.15) is 34.1 Å². The molecule has 1 N–H and O–H groups in total. The van der Waals surface area contributed by atoms with Gasteiger partial charge < -0.3 is 14.5 Å². The molecule has 0 aliphatic carbocycles. The van der Waals surface area contributed by atoms with E-state index in [-0.39, 0.29) is 23.0 Å². The van der Waals surface area contributed by atoms with Crippen LogP contribution in [0.4, 0.5) is 14.5 Å². The van der Waals surface area contributed by atoms with Crippen LogP contribution in [0, 0.1) is 18.6 Å². The second kappa shape index (κ2) is 7.89. The van der Waals surface area contributed by atoms with Gasteiger partial charge in [0.15, 0.2) is 5.82 Å². The first kappa shape index (κ1) is 19.1. The molecule has 1 atom stereocenters. The number of halogens is 3. The van der Waals surface area contributed by atoms with Gasteiger partial charge in [-0.05, 0) is 31.2 Å². The number of hydrogen-bond donors (Lipinski definition) is 1. The first-order valence-electron chi connectivity index (χ1n) is 7.95. The molecule has 0 bridgehead atoms. The van der Waals surface area contributed by atoms with Crippen molar-refractivity contribution in [1.29, 1.82) is 0 Å². The van der Waals surface area contributed by atoms with E-state index >= 15 is 0 Å². The highest BCUT2D eigenvalue weighted by molar-refractivity contribution is 6.33. The van der Waals surface area contributed by atoms with Crippen LogP contribution in [-0.4, -0.2) is 23.5 Å². The van der Waals surface area contributed by atoms with E-state index in [2.05, 4.69) is 10.4 Å². The van der Waals surface area contributed by atoms with Crippen molar-refractivity contribution in [2.45, 2.75) is 13.0 Å². The Balaban J connectivity index is 1.95. The fourth-order valence-corrected chi connectivity index (χ4v) is 2.73. The van der Waals surface area contributed by atoms with Crippen LogP contribution in [0.1, 0.15) is 17.6 Å². The zero-order chi connectivity index (χ0) is 19.6. The lowest BCUT2D eigenvalue weighted by molar-refractivity contribution is 0.178. The number of benzene rings is 1. The number of aryl methyl sites for hydroxylation is 1. The summed E-state index contributed by atoms with van der Waals surface area (Å²) in [4.78, 5) is 12.5. The molecule has 1 aromatic carbocycles. The monoisotopic (exact) mass is 395 g/mol. The van der Waals surface area contributed by atoms with Crippen LogP contribution in [0.25, 0.3) is 5.69 Å². The number of nitrogens with zero attached hydrogens (tertiary/aromatic N) is 2. The van der Waals surface area contributed by atoms with Gasteiger partial charge in [-0.25, -0.2) is 8.78 Å². The molecule has 0 radical (unpaired) electrons. The van der Waals surface area contributed by atoms with E-state index < -0.39 is 23.2 Å². The molecule has 3 aromatic rings. The third-order valence-corrected chi connectivity index (χ3v) is 4.19. The number of ether oxygens (including phenoxy) is 1. The van der Waals surface area contributed by atoms with E-state index in [0.717, 1.165) is 22.6 Å². The van der Waals surface area contributed by atoms with Crippen molar-refractivity contribution in [2.75, 3.05) is 19.0 Å². The summed E-state index contributed by atoms with van der Waals surface area (Å²) in [6.07, 6.45) is 1.28. The molecular weight excluding hydrogens is 380 g/mol. The summed E-state index contributed by atoms with van der Waals surface area (Å²) in [5.74, 6) is -0.368. The topological polar surface area (TPSA) is 69.3 Å². The van der Waals surface area contributed by atoms with E-state index in [0.29, 0.717) is 11.8 Å². The molecule has 1 unspecified atom stereocenters. The number of anilines is 1. The number of methoxy groups -OCH3 is 1. The molecule has 0 spiro atoms. The van der Waals surface area contributed by atoms with Gasteiger partial charge in [0.05, 0.1) is 18.5 Å². The van der Waals surface area contributed by atoms with Crippen molar-refractivity contribution < 1.29 is 17.9 Å². The van der Waals surface area contributed by atoms with Gasteiger partial charge in [-0.1, -0.05) is 11.6 Å². The van der Waals surface area contributed by atoms with E-state index in [1.165, 1.54) is 13.3 Å². The Morgan fingerprint density at radius 2 is 2.11 bits per heavy atom. The van der Waals surface area contributed by atoms with Crippen molar-refractivity contribution in [3.8, 4) is 5.69 Å². The average molecular weight is 396 g/mol. The molecule has 27 heavy (non-hydrogen) atoms. The molecule has 0 saturated heterocycles. The molecular formula is C18H16ClF2N3O3. The summed E-state index contributed by atoms with van der Waals surface area (Å²) in [5, 5.41) is 6.78. The number of furan rings is 1. The van der Waals surface area contributed by atoms with Gasteiger partial charge in [0, 0.05) is 13.2 Å². The zero-order valence-electron chi connectivity index (χ0n) is 14.5. The molecule has 6 nitrogen and oxygen atoms in total. The van der Waals surface area contributed by atoms with Crippen LogP contribution in [-0.2, 0) is 4.74 Å². The Bertz CT molecular complexity index is 1020. The van der Waals surface area contributed by atoms with Crippen LogP contribution in [0.2, 0.25) is 5.02 Å². The minimum atomic E-state index is -0.926. The highest BCUT2D eigenvalue weighted by atomic mass is 35.5. The third kappa shape index (κ3) is 4.01. The molecule has 3 rings (SSSR count). The summed E-state index contributed by atoms with van der Waals surface area (Å²) in [6, 6.07) is 5.97. The maximum Gasteiger partial charge on any atom is 0.292 e. The summed E-state index contributed by atoms with van der Waals surface area (Å²) in [7, 11) is 1.53. The summed E-state index contributed by atoms with van der Waals surface area (Å²) in [6.45, 7) is 2.05. The van der Waals surface area contributed by atoms with E-state index in [1.54, 1.807) is 19.1 Å². The zero-order valence-corrected chi connectivity index (χ0v) is 15.3. The van der Waals surface area contributed by atoms with Gasteiger partial charge >= 0.3 is 0 Å². The Morgan fingerprint density at radius 3 is 2.74 bits per heavy atom.